The van der Waals surface area contributed by atoms with Crippen molar-refractivity contribution in [3.8, 4) is 0 Å². The van der Waals surface area contributed by atoms with Crippen LogP contribution in [0.1, 0.15) is 23.8 Å². The number of guanidine groups is 1. The van der Waals surface area contributed by atoms with E-state index in [1.165, 1.54) is 6.07 Å². The van der Waals surface area contributed by atoms with Crippen molar-refractivity contribution in [3.63, 3.8) is 0 Å². The maximum absolute atomic E-state index is 13.8. The highest BCUT2D eigenvalue weighted by molar-refractivity contribution is 5.79. The first-order chi connectivity index (χ1) is 11.6. The largest absolute Gasteiger partial charge is 0.467 e. The third kappa shape index (κ3) is 5.70. The van der Waals surface area contributed by atoms with Crippen LogP contribution in [0.4, 0.5) is 4.39 Å². The van der Waals surface area contributed by atoms with Crippen LogP contribution in [0.25, 0.3) is 0 Å². The number of hydrogen-bond donors (Lipinski definition) is 2. The SMILES string of the molecule is CCNC(=NCc1ccc(F)c(CN(C)C)c1)NCc1ccco1. The van der Waals surface area contributed by atoms with Crippen molar-refractivity contribution >= 4 is 5.96 Å². The van der Waals surface area contributed by atoms with E-state index in [1.807, 2.05) is 44.1 Å². The van der Waals surface area contributed by atoms with E-state index >= 15 is 0 Å². The molecule has 0 aliphatic rings. The Labute approximate surface area is 142 Å². The predicted molar refractivity (Wildman–Crippen MR) is 94.2 cm³/mol. The summed E-state index contributed by atoms with van der Waals surface area (Å²) in [5.41, 5.74) is 1.66. The van der Waals surface area contributed by atoms with Crippen LogP contribution in [0.15, 0.2) is 46.0 Å². The minimum Gasteiger partial charge on any atom is -0.467 e. The summed E-state index contributed by atoms with van der Waals surface area (Å²) in [4.78, 5) is 6.49. The molecule has 0 amide bonds. The molecule has 0 radical (unpaired) electrons. The van der Waals surface area contributed by atoms with Crippen molar-refractivity contribution in [3.05, 3.63) is 59.3 Å². The molecule has 130 valence electrons. The van der Waals surface area contributed by atoms with Crippen molar-refractivity contribution in [2.45, 2.75) is 26.6 Å². The van der Waals surface area contributed by atoms with Gasteiger partial charge in [-0.3, -0.25) is 0 Å². The van der Waals surface area contributed by atoms with E-state index in [4.69, 9.17) is 4.42 Å². The monoisotopic (exact) mass is 332 g/mol. The lowest BCUT2D eigenvalue weighted by Gasteiger charge is -2.12. The number of benzene rings is 1. The van der Waals surface area contributed by atoms with Crippen LogP contribution in [-0.2, 0) is 19.6 Å². The van der Waals surface area contributed by atoms with Gasteiger partial charge in [0, 0.05) is 18.7 Å². The lowest BCUT2D eigenvalue weighted by atomic mass is 10.1. The van der Waals surface area contributed by atoms with Gasteiger partial charge in [0.05, 0.1) is 19.4 Å². The van der Waals surface area contributed by atoms with Crippen molar-refractivity contribution in [1.82, 2.24) is 15.5 Å². The van der Waals surface area contributed by atoms with Crippen molar-refractivity contribution in [2.75, 3.05) is 20.6 Å². The molecule has 0 fully saturated rings. The number of rotatable bonds is 7. The molecule has 1 aromatic carbocycles. The molecule has 2 rings (SSSR count). The summed E-state index contributed by atoms with van der Waals surface area (Å²) in [6.45, 7) is 4.39. The zero-order valence-electron chi connectivity index (χ0n) is 14.5. The smallest absolute Gasteiger partial charge is 0.191 e. The Hall–Kier alpha value is -2.34. The van der Waals surface area contributed by atoms with Gasteiger partial charge in [-0.25, -0.2) is 9.38 Å². The Kier molecular flexibility index (Phi) is 6.81. The Morgan fingerprint density at radius 1 is 1.25 bits per heavy atom. The summed E-state index contributed by atoms with van der Waals surface area (Å²) in [5.74, 6) is 1.36. The molecule has 0 aliphatic heterocycles. The number of furan rings is 1. The number of halogens is 1. The maximum Gasteiger partial charge on any atom is 0.191 e. The van der Waals surface area contributed by atoms with E-state index in [-0.39, 0.29) is 5.82 Å². The molecular formula is C18H25FN4O. The van der Waals surface area contributed by atoms with Crippen LogP contribution in [-0.4, -0.2) is 31.5 Å². The summed E-state index contributed by atoms with van der Waals surface area (Å²) in [6.07, 6.45) is 1.64. The van der Waals surface area contributed by atoms with Gasteiger partial charge in [0.2, 0.25) is 0 Å². The van der Waals surface area contributed by atoms with Crippen LogP contribution < -0.4 is 10.6 Å². The second kappa shape index (κ2) is 9.08. The summed E-state index contributed by atoms with van der Waals surface area (Å²) in [7, 11) is 3.85. The molecule has 24 heavy (non-hydrogen) atoms. The fourth-order valence-electron chi connectivity index (χ4n) is 2.28. The average molecular weight is 332 g/mol. The van der Waals surface area contributed by atoms with Gasteiger partial charge in [-0.15, -0.1) is 0 Å². The van der Waals surface area contributed by atoms with Crippen LogP contribution in [0.2, 0.25) is 0 Å². The van der Waals surface area contributed by atoms with E-state index < -0.39 is 0 Å². The van der Waals surface area contributed by atoms with E-state index in [2.05, 4.69) is 15.6 Å². The molecule has 0 saturated heterocycles. The first kappa shape index (κ1) is 18.0. The summed E-state index contributed by atoms with van der Waals surface area (Å²) >= 11 is 0. The molecule has 0 saturated carbocycles. The number of nitrogens with one attached hydrogen (secondary N) is 2. The van der Waals surface area contributed by atoms with E-state index in [0.717, 1.165) is 17.9 Å². The quantitative estimate of drug-likeness (QED) is 0.605. The van der Waals surface area contributed by atoms with Gasteiger partial charge < -0.3 is 20.0 Å². The average Bonchev–Trinajstić information content (AvgIpc) is 3.06. The Balaban J connectivity index is 2.01. The Morgan fingerprint density at radius 3 is 2.75 bits per heavy atom. The lowest BCUT2D eigenvalue weighted by Crippen LogP contribution is -2.36. The number of hydrogen-bond acceptors (Lipinski definition) is 3. The molecule has 0 unspecified atom stereocenters. The highest BCUT2D eigenvalue weighted by atomic mass is 19.1. The first-order valence-corrected chi connectivity index (χ1v) is 8.05. The van der Waals surface area contributed by atoms with Gasteiger partial charge in [0.25, 0.3) is 0 Å². The van der Waals surface area contributed by atoms with E-state index in [0.29, 0.717) is 31.2 Å². The highest BCUT2D eigenvalue weighted by Crippen LogP contribution is 2.13. The molecule has 5 nitrogen and oxygen atoms in total. The van der Waals surface area contributed by atoms with Gasteiger partial charge in [-0.2, -0.15) is 0 Å². The zero-order chi connectivity index (χ0) is 17.4. The van der Waals surface area contributed by atoms with Crippen molar-refractivity contribution in [2.24, 2.45) is 4.99 Å². The Bertz CT molecular complexity index is 653. The standard InChI is InChI=1S/C18H25FN4O/c1-4-20-18(22-12-16-6-5-9-24-16)21-11-14-7-8-17(19)15(10-14)13-23(2)3/h5-10H,4,11-13H2,1-3H3,(H2,20,21,22). The first-order valence-electron chi connectivity index (χ1n) is 8.05. The maximum atomic E-state index is 13.8. The van der Waals surface area contributed by atoms with Crippen molar-refractivity contribution < 1.29 is 8.81 Å². The Morgan fingerprint density at radius 2 is 2.08 bits per heavy atom. The van der Waals surface area contributed by atoms with Crippen LogP contribution in [0.3, 0.4) is 0 Å². The molecule has 2 aromatic rings. The van der Waals surface area contributed by atoms with Gasteiger partial charge in [-0.05, 0) is 50.8 Å². The molecule has 1 heterocycles. The molecular weight excluding hydrogens is 307 g/mol. The van der Waals surface area contributed by atoms with Gasteiger partial charge >= 0.3 is 0 Å². The lowest BCUT2D eigenvalue weighted by molar-refractivity contribution is 0.392. The molecule has 0 bridgehead atoms. The van der Waals surface area contributed by atoms with Crippen LogP contribution in [0, 0.1) is 5.82 Å². The third-order valence-corrected chi connectivity index (χ3v) is 3.37. The summed E-state index contributed by atoms with van der Waals surface area (Å²) < 4.78 is 19.1. The third-order valence-electron chi connectivity index (χ3n) is 3.37. The van der Waals surface area contributed by atoms with E-state index in [1.54, 1.807) is 12.3 Å². The molecule has 0 atom stereocenters. The second-order valence-corrected chi connectivity index (χ2v) is 5.79. The fourth-order valence-corrected chi connectivity index (χ4v) is 2.28. The second-order valence-electron chi connectivity index (χ2n) is 5.79. The topological polar surface area (TPSA) is 52.8 Å². The summed E-state index contributed by atoms with van der Waals surface area (Å²) in [6, 6.07) is 8.91. The minimum absolute atomic E-state index is 0.181. The normalized spacial score (nSPS) is 11.8. The van der Waals surface area contributed by atoms with E-state index in [9.17, 15) is 4.39 Å². The molecule has 6 heteroatoms. The van der Waals surface area contributed by atoms with Crippen LogP contribution >= 0.6 is 0 Å². The number of nitrogens with zero attached hydrogens (tertiary/aromatic N) is 2. The summed E-state index contributed by atoms with van der Waals surface area (Å²) in [5, 5.41) is 6.40. The zero-order valence-corrected chi connectivity index (χ0v) is 14.5. The highest BCUT2D eigenvalue weighted by Gasteiger charge is 2.05. The van der Waals surface area contributed by atoms with Crippen LogP contribution in [0.5, 0.6) is 0 Å². The molecule has 1 aromatic heterocycles. The molecule has 0 aliphatic carbocycles. The van der Waals surface area contributed by atoms with Crippen molar-refractivity contribution in [1.29, 1.82) is 0 Å². The minimum atomic E-state index is -0.181. The molecule has 0 spiro atoms. The molecule has 2 N–H and O–H groups in total. The fraction of sp³-hybridized carbons (Fsp3) is 0.389. The van der Waals surface area contributed by atoms with Gasteiger partial charge in [0.1, 0.15) is 11.6 Å². The predicted octanol–water partition coefficient (Wildman–Crippen LogP) is 2.74. The van der Waals surface area contributed by atoms with Gasteiger partial charge in [0.15, 0.2) is 5.96 Å². The van der Waals surface area contributed by atoms with Gasteiger partial charge in [-0.1, -0.05) is 6.07 Å². The number of aliphatic imine (C=N–C) groups is 1.